The van der Waals surface area contributed by atoms with E-state index in [0.29, 0.717) is 13.3 Å². The average molecular weight is 551 g/mol. The van der Waals surface area contributed by atoms with Crippen molar-refractivity contribution in [3.05, 3.63) is 58.7 Å². The van der Waals surface area contributed by atoms with Gasteiger partial charge < -0.3 is 14.4 Å². The van der Waals surface area contributed by atoms with Crippen molar-refractivity contribution in [3.8, 4) is 11.5 Å². The minimum atomic E-state index is 0.280. The number of nitrogens with zero attached hydrogens (tertiary/aromatic N) is 4. The van der Waals surface area contributed by atoms with Gasteiger partial charge in [0.25, 0.3) is 0 Å². The zero-order valence-electron chi connectivity index (χ0n) is 25.3. The van der Waals surface area contributed by atoms with Crippen molar-refractivity contribution in [2.24, 2.45) is 0 Å². The molecule has 0 aliphatic carbocycles. The molecule has 7 heteroatoms. The molecule has 1 amide bonds. The molecular weight excluding hydrogens is 500 g/mol. The van der Waals surface area contributed by atoms with E-state index in [1.165, 1.54) is 22.3 Å². The van der Waals surface area contributed by atoms with E-state index in [0.717, 1.165) is 103 Å². The van der Waals surface area contributed by atoms with Gasteiger partial charge in [-0.2, -0.15) is 0 Å². The zero-order valence-corrected chi connectivity index (χ0v) is 25.3. The molecule has 2 fully saturated rings. The molecule has 0 N–H and O–H groups in total. The molecule has 0 saturated carbocycles. The van der Waals surface area contributed by atoms with Crippen molar-refractivity contribution in [2.75, 3.05) is 72.2 Å². The standard InChI is InChI=1S/C33H50N4O3/c1-27(2)7-5-8-28(3)9-6-10-29(4)13-14-34-19-21-37(22-20-34)33(38)25-36-17-15-35(16-18-36)24-30-11-12-31-32(23-30)40-26-39-31/h7,9,11-13,23H,5-6,8,10,14-22,24-26H2,1-4H3/b28-9+,29-13+. The van der Waals surface area contributed by atoms with Gasteiger partial charge >= 0.3 is 0 Å². The molecule has 3 aliphatic heterocycles. The van der Waals surface area contributed by atoms with Crippen molar-refractivity contribution in [2.45, 2.75) is 59.9 Å². The summed E-state index contributed by atoms with van der Waals surface area (Å²) in [5.41, 5.74) is 5.61. The Morgan fingerprint density at radius 3 is 2.10 bits per heavy atom. The highest BCUT2D eigenvalue weighted by molar-refractivity contribution is 5.78. The third-order valence-corrected chi connectivity index (χ3v) is 8.21. The summed E-state index contributed by atoms with van der Waals surface area (Å²) in [4.78, 5) is 22.3. The maximum Gasteiger partial charge on any atom is 0.236 e. The van der Waals surface area contributed by atoms with Crippen LogP contribution in [0.25, 0.3) is 0 Å². The van der Waals surface area contributed by atoms with Crippen LogP contribution in [0.4, 0.5) is 0 Å². The first-order chi connectivity index (χ1) is 19.4. The number of benzene rings is 1. The molecule has 0 atom stereocenters. The second-order valence-corrected chi connectivity index (χ2v) is 11.9. The van der Waals surface area contributed by atoms with Gasteiger partial charge in [0.15, 0.2) is 11.5 Å². The molecule has 0 bridgehead atoms. The van der Waals surface area contributed by atoms with Crippen molar-refractivity contribution in [1.29, 1.82) is 0 Å². The number of hydrogen-bond acceptors (Lipinski definition) is 6. The molecule has 7 nitrogen and oxygen atoms in total. The molecule has 0 aromatic heterocycles. The van der Waals surface area contributed by atoms with Gasteiger partial charge in [-0.05, 0) is 71.1 Å². The van der Waals surface area contributed by atoms with Crippen molar-refractivity contribution in [3.63, 3.8) is 0 Å². The molecule has 1 aromatic carbocycles. The van der Waals surface area contributed by atoms with Gasteiger partial charge in [-0.25, -0.2) is 0 Å². The van der Waals surface area contributed by atoms with Crippen molar-refractivity contribution < 1.29 is 14.3 Å². The van der Waals surface area contributed by atoms with E-state index in [-0.39, 0.29) is 5.91 Å². The van der Waals surface area contributed by atoms with Crippen LogP contribution in [0.5, 0.6) is 11.5 Å². The number of hydrogen-bond donors (Lipinski definition) is 0. The number of rotatable bonds is 12. The average Bonchev–Trinajstić information content (AvgIpc) is 3.41. The Balaban J connectivity index is 1.08. The van der Waals surface area contributed by atoms with Gasteiger partial charge in [0.1, 0.15) is 0 Å². The highest BCUT2D eigenvalue weighted by Gasteiger charge is 2.25. The lowest BCUT2D eigenvalue weighted by Gasteiger charge is -2.38. The van der Waals surface area contributed by atoms with Crippen LogP contribution < -0.4 is 9.47 Å². The Labute approximate surface area is 242 Å². The van der Waals surface area contributed by atoms with Gasteiger partial charge in [0.05, 0.1) is 6.54 Å². The lowest BCUT2D eigenvalue weighted by Crippen LogP contribution is -2.53. The molecular formula is C33H50N4O3. The summed E-state index contributed by atoms with van der Waals surface area (Å²) in [6.07, 6.45) is 11.7. The van der Waals surface area contributed by atoms with E-state index in [9.17, 15) is 4.79 Å². The van der Waals surface area contributed by atoms with Crippen LogP contribution in [0.1, 0.15) is 58.9 Å². The van der Waals surface area contributed by atoms with Gasteiger partial charge in [-0.15, -0.1) is 0 Å². The van der Waals surface area contributed by atoms with Gasteiger partial charge in [-0.3, -0.25) is 19.5 Å². The van der Waals surface area contributed by atoms with Gasteiger partial charge in [0.2, 0.25) is 12.7 Å². The topological polar surface area (TPSA) is 48.5 Å². The number of carbonyl (C=O) groups is 1. The molecule has 3 aliphatic rings. The number of piperazine rings is 2. The summed E-state index contributed by atoms with van der Waals surface area (Å²) in [6, 6.07) is 6.20. The maximum atomic E-state index is 13.0. The van der Waals surface area contributed by atoms with Crippen LogP contribution in [-0.2, 0) is 11.3 Å². The van der Waals surface area contributed by atoms with E-state index in [1.54, 1.807) is 0 Å². The first-order valence-electron chi connectivity index (χ1n) is 15.1. The number of ether oxygens (including phenoxy) is 2. The predicted octanol–water partition coefficient (Wildman–Crippen LogP) is 5.10. The van der Waals surface area contributed by atoms with Crippen LogP contribution >= 0.6 is 0 Å². The zero-order chi connectivity index (χ0) is 28.3. The van der Waals surface area contributed by atoms with Crippen LogP contribution in [0.3, 0.4) is 0 Å². The third-order valence-electron chi connectivity index (χ3n) is 8.21. The largest absolute Gasteiger partial charge is 0.454 e. The number of carbonyl (C=O) groups excluding carboxylic acids is 1. The summed E-state index contributed by atoms with van der Waals surface area (Å²) in [7, 11) is 0. The SMILES string of the molecule is CC(C)=CCC/C(C)=C/CC/C(C)=C/CN1CCN(C(=O)CN2CCN(Cc3ccc4c(c3)OCO4)CC2)CC1. The summed E-state index contributed by atoms with van der Waals surface area (Å²) >= 11 is 0. The molecule has 0 spiro atoms. The minimum Gasteiger partial charge on any atom is -0.454 e. The van der Waals surface area contributed by atoms with E-state index < -0.39 is 0 Å². The Bertz CT molecular complexity index is 1060. The molecule has 2 saturated heterocycles. The van der Waals surface area contributed by atoms with E-state index >= 15 is 0 Å². The summed E-state index contributed by atoms with van der Waals surface area (Å²) < 4.78 is 10.9. The van der Waals surface area contributed by atoms with Crippen molar-refractivity contribution >= 4 is 5.91 Å². The predicted molar refractivity (Wildman–Crippen MR) is 163 cm³/mol. The maximum absolute atomic E-state index is 13.0. The van der Waals surface area contributed by atoms with E-state index in [1.807, 2.05) is 6.07 Å². The van der Waals surface area contributed by atoms with Crippen LogP contribution in [0, 0.1) is 0 Å². The van der Waals surface area contributed by atoms with Gasteiger partial charge in [-0.1, -0.05) is 41.0 Å². The molecule has 220 valence electrons. The summed E-state index contributed by atoms with van der Waals surface area (Å²) in [6.45, 7) is 19.0. The van der Waals surface area contributed by atoms with Crippen LogP contribution in [-0.4, -0.2) is 97.7 Å². The molecule has 3 heterocycles. The Morgan fingerprint density at radius 2 is 1.38 bits per heavy atom. The number of amides is 1. The minimum absolute atomic E-state index is 0.280. The lowest BCUT2D eigenvalue weighted by atomic mass is 10.1. The molecule has 0 unspecified atom stereocenters. The normalized spacial score (nSPS) is 19.2. The van der Waals surface area contributed by atoms with Crippen LogP contribution in [0.2, 0.25) is 0 Å². The fourth-order valence-corrected chi connectivity index (χ4v) is 5.50. The van der Waals surface area contributed by atoms with E-state index in [2.05, 4.69) is 77.7 Å². The first-order valence-corrected chi connectivity index (χ1v) is 15.1. The molecule has 0 radical (unpaired) electrons. The van der Waals surface area contributed by atoms with E-state index in [4.69, 9.17) is 9.47 Å². The highest BCUT2D eigenvalue weighted by atomic mass is 16.7. The van der Waals surface area contributed by atoms with Crippen LogP contribution in [0.15, 0.2) is 53.1 Å². The molecule has 1 aromatic rings. The quantitative estimate of drug-likeness (QED) is 0.338. The Kier molecular flexibility index (Phi) is 11.7. The second kappa shape index (κ2) is 15.4. The molecule has 4 rings (SSSR count). The third kappa shape index (κ3) is 9.79. The highest BCUT2D eigenvalue weighted by Crippen LogP contribution is 2.32. The first kappa shape index (κ1) is 30.4. The fourth-order valence-electron chi connectivity index (χ4n) is 5.50. The Hall–Kier alpha value is -2.61. The van der Waals surface area contributed by atoms with Crippen molar-refractivity contribution in [1.82, 2.24) is 19.6 Å². The van der Waals surface area contributed by atoms with Gasteiger partial charge in [0, 0.05) is 65.4 Å². The smallest absolute Gasteiger partial charge is 0.236 e. The second-order valence-electron chi connectivity index (χ2n) is 11.9. The number of allylic oxidation sites excluding steroid dienone is 5. The lowest BCUT2D eigenvalue weighted by molar-refractivity contribution is -0.134. The Morgan fingerprint density at radius 1 is 0.750 bits per heavy atom. The number of fused-ring (bicyclic) bond motifs is 1. The molecule has 40 heavy (non-hydrogen) atoms. The summed E-state index contributed by atoms with van der Waals surface area (Å²) in [5.74, 6) is 1.96. The monoisotopic (exact) mass is 550 g/mol. The summed E-state index contributed by atoms with van der Waals surface area (Å²) in [5, 5.41) is 0. The fraction of sp³-hybridized carbons (Fsp3) is 0.606.